The predicted octanol–water partition coefficient (Wildman–Crippen LogP) is 1.60. The standard InChI is InChI=1S/C21H24O7/c1-26-21(25)14-7-5-13(6-8-14)12-27-16-4-2-3-15(9-16)20-19(24)18(23)10-17(11-22)28-20/h2-9,17-20,22-24H,10-12H2,1H3. The lowest BCUT2D eigenvalue weighted by Crippen LogP contribution is -2.44. The van der Waals surface area contributed by atoms with E-state index in [9.17, 15) is 20.1 Å². The molecule has 3 rings (SSSR count). The summed E-state index contributed by atoms with van der Waals surface area (Å²) in [5.41, 5.74) is 2.00. The number of rotatable bonds is 6. The molecule has 0 saturated carbocycles. The van der Waals surface area contributed by atoms with E-state index in [1.807, 2.05) is 0 Å². The van der Waals surface area contributed by atoms with Crippen molar-refractivity contribution in [3.8, 4) is 5.75 Å². The maximum atomic E-state index is 11.5. The van der Waals surface area contributed by atoms with Crippen LogP contribution in [0.25, 0.3) is 0 Å². The quantitative estimate of drug-likeness (QED) is 0.646. The zero-order valence-corrected chi connectivity index (χ0v) is 15.5. The Labute approximate surface area is 163 Å². The summed E-state index contributed by atoms with van der Waals surface area (Å²) in [7, 11) is 1.33. The molecule has 1 aliphatic heterocycles. The van der Waals surface area contributed by atoms with E-state index in [4.69, 9.17) is 9.47 Å². The number of hydrogen-bond acceptors (Lipinski definition) is 7. The maximum absolute atomic E-state index is 11.5. The third-order valence-electron chi connectivity index (χ3n) is 4.72. The van der Waals surface area contributed by atoms with Crippen molar-refractivity contribution in [3.63, 3.8) is 0 Å². The summed E-state index contributed by atoms with van der Waals surface area (Å²) in [6, 6.07) is 14.0. The second-order valence-corrected chi connectivity index (χ2v) is 6.70. The molecular weight excluding hydrogens is 364 g/mol. The minimum atomic E-state index is -1.08. The van der Waals surface area contributed by atoms with E-state index >= 15 is 0 Å². The van der Waals surface area contributed by atoms with Crippen molar-refractivity contribution in [2.45, 2.75) is 37.4 Å². The van der Waals surface area contributed by atoms with E-state index in [0.29, 0.717) is 23.5 Å². The third-order valence-corrected chi connectivity index (χ3v) is 4.72. The number of carbonyl (C=O) groups is 1. The molecule has 28 heavy (non-hydrogen) atoms. The molecule has 150 valence electrons. The summed E-state index contributed by atoms with van der Waals surface area (Å²) in [4.78, 5) is 11.5. The van der Waals surface area contributed by atoms with Crippen molar-refractivity contribution < 1.29 is 34.3 Å². The number of aliphatic hydroxyl groups excluding tert-OH is 3. The van der Waals surface area contributed by atoms with Crippen molar-refractivity contribution in [2.24, 2.45) is 0 Å². The first-order valence-electron chi connectivity index (χ1n) is 9.04. The molecular formula is C21H24O7. The van der Waals surface area contributed by atoms with Crippen LogP contribution in [0.4, 0.5) is 0 Å². The highest BCUT2D eigenvalue weighted by atomic mass is 16.5. The van der Waals surface area contributed by atoms with E-state index < -0.39 is 30.4 Å². The Balaban J connectivity index is 1.67. The summed E-state index contributed by atoms with van der Waals surface area (Å²) in [5, 5.41) is 29.6. The normalized spacial score (nSPS) is 24.6. The first-order valence-corrected chi connectivity index (χ1v) is 9.04. The molecule has 4 unspecified atom stereocenters. The van der Waals surface area contributed by atoms with Crippen LogP contribution in [0.5, 0.6) is 5.75 Å². The van der Waals surface area contributed by atoms with E-state index in [-0.39, 0.29) is 13.0 Å². The third kappa shape index (κ3) is 4.69. The molecule has 0 aromatic heterocycles. The van der Waals surface area contributed by atoms with Crippen LogP contribution in [0.1, 0.15) is 34.0 Å². The van der Waals surface area contributed by atoms with Crippen LogP contribution in [0.2, 0.25) is 0 Å². The van der Waals surface area contributed by atoms with Gasteiger partial charge >= 0.3 is 5.97 Å². The van der Waals surface area contributed by atoms with Crippen molar-refractivity contribution in [3.05, 3.63) is 65.2 Å². The minimum Gasteiger partial charge on any atom is -0.489 e. The van der Waals surface area contributed by atoms with Gasteiger partial charge in [-0.05, 0) is 35.4 Å². The van der Waals surface area contributed by atoms with Crippen molar-refractivity contribution >= 4 is 5.97 Å². The molecule has 4 atom stereocenters. The predicted molar refractivity (Wildman–Crippen MR) is 99.9 cm³/mol. The van der Waals surface area contributed by atoms with Crippen LogP contribution in [0.3, 0.4) is 0 Å². The van der Waals surface area contributed by atoms with Gasteiger partial charge in [-0.1, -0.05) is 24.3 Å². The van der Waals surface area contributed by atoms with Crippen LogP contribution in [0.15, 0.2) is 48.5 Å². The van der Waals surface area contributed by atoms with Crippen molar-refractivity contribution in [1.82, 2.24) is 0 Å². The summed E-state index contributed by atoms with van der Waals surface area (Å²) < 4.78 is 16.2. The van der Waals surface area contributed by atoms with Gasteiger partial charge in [-0.15, -0.1) is 0 Å². The number of esters is 1. The topological polar surface area (TPSA) is 105 Å². The zero-order valence-electron chi connectivity index (χ0n) is 15.5. The number of methoxy groups -OCH3 is 1. The molecule has 1 heterocycles. The van der Waals surface area contributed by atoms with Crippen LogP contribution in [0, 0.1) is 0 Å². The van der Waals surface area contributed by atoms with Crippen LogP contribution >= 0.6 is 0 Å². The fraction of sp³-hybridized carbons (Fsp3) is 0.381. The van der Waals surface area contributed by atoms with Gasteiger partial charge in [0.05, 0.1) is 31.5 Å². The molecule has 1 saturated heterocycles. The molecule has 7 heteroatoms. The highest BCUT2D eigenvalue weighted by Gasteiger charge is 2.37. The summed E-state index contributed by atoms with van der Waals surface area (Å²) in [5.74, 6) is 0.181. The molecule has 3 N–H and O–H groups in total. The Kier molecular flexibility index (Phi) is 6.64. The molecule has 0 radical (unpaired) electrons. The Bertz CT molecular complexity index is 790. The first kappa shape index (κ1) is 20.3. The van der Waals surface area contributed by atoms with Gasteiger partial charge in [0.15, 0.2) is 0 Å². The van der Waals surface area contributed by atoms with Crippen molar-refractivity contribution in [2.75, 3.05) is 13.7 Å². The summed E-state index contributed by atoms with van der Waals surface area (Å²) >= 11 is 0. The average Bonchev–Trinajstić information content (AvgIpc) is 2.74. The monoisotopic (exact) mass is 388 g/mol. The number of benzene rings is 2. The SMILES string of the molecule is COC(=O)c1ccc(COc2cccc(C3OC(CO)CC(O)C3O)c2)cc1. The number of hydrogen-bond donors (Lipinski definition) is 3. The van der Waals surface area contributed by atoms with Crippen LogP contribution < -0.4 is 4.74 Å². The van der Waals surface area contributed by atoms with Gasteiger partial charge in [-0.3, -0.25) is 0 Å². The second kappa shape index (κ2) is 9.16. The molecule has 2 aromatic rings. The smallest absolute Gasteiger partial charge is 0.337 e. The van der Waals surface area contributed by atoms with Crippen LogP contribution in [-0.4, -0.2) is 53.3 Å². The Hall–Kier alpha value is -2.45. The van der Waals surface area contributed by atoms with Gasteiger partial charge in [0.2, 0.25) is 0 Å². The molecule has 0 bridgehead atoms. The highest BCUT2D eigenvalue weighted by molar-refractivity contribution is 5.89. The highest BCUT2D eigenvalue weighted by Crippen LogP contribution is 2.33. The fourth-order valence-electron chi connectivity index (χ4n) is 3.15. The van der Waals surface area contributed by atoms with E-state index in [2.05, 4.69) is 4.74 Å². The lowest BCUT2D eigenvalue weighted by Gasteiger charge is -2.36. The number of aliphatic hydroxyl groups is 3. The average molecular weight is 388 g/mol. The second-order valence-electron chi connectivity index (χ2n) is 6.70. The molecule has 0 spiro atoms. The molecule has 0 amide bonds. The maximum Gasteiger partial charge on any atom is 0.337 e. The Morgan fingerprint density at radius 2 is 1.93 bits per heavy atom. The van der Waals surface area contributed by atoms with Crippen molar-refractivity contribution in [1.29, 1.82) is 0 Å². The number of carbonyl (C=O) groups excluding carboxylic acids is 1. The summed E-state index contributed by atoms with van der Waals surface area (Å²) in [6.45, 7) is 0.0684. The van der Waals surface area contributed by atoms with Gasteiger partial charge in [0, 0.05) is 6.42 Å². The van der Waals surface area contributed by atoms with E-state index in [1.165, 1.54) is 7.11 Å². The molecule has 1 aliphatic rings. The molecule has 0 aliphatic carbocycles. The van der Waals surface area contributed by atoms with Gasteiger partial charge in [-0.25, -0.2) is 4.79 Å². The van der Waals surface area contributed by atoms with E-state index in [0.717, 1.165) is 5.56 Å². The number of ether oxygens (including phenoxy) is 3. The first-order chi connectivity index (χ1) is 13.5. The lowest BCUT2D eigenvalue weighted by atomic mass is 9.93. The fourth-order valence-corrected chi connectivity index (χ4v) is 3.15. The van der Waals surface area contributed by atoms with Gasteiger partial charge in [0.25, 0.3) is 0 Å². The zero-order chi connectivity index (χ0) is 20.1. The minimum absolute atomic E-state index is 0.186. The summed E-state index contributed by atoms with van der Waals surface area (Å²) in [6.07, 6.45) is -3.13. The Morgan fingerprint density at radius 3 is 2.61 bits per heavy atom. The van der Waals surface area contributed by atoms with Gasteiger partial charge in [0.1, 0.15) is 24.6 Å². The van der Waals surface area contributed by atoms with Gasteiger partial charge in [-0.2, -0.15) is 0 Å². The van der Waals surface area contributed by atoms with E-state index in [1.54, 1.807) is 48.5 Å². The molecule has 7 nitrogen and oxygen atoms in total. The molecule has 1 fully saturated rings. The largest absolute Gasteiger partial charge is 0.489 e. The van der Waals surface area contributed by atoms with Crippen LogP contribution in [-0.2, 0) is 16.1 Å². The van der Waals surface area contributed by atoms with Gasteiger partial charge < -0.3 is 29.5 Å². The molecule has 2 aromatic carbocycles. The lowest BCUT2D eigenvalue weighted by molar-refractivity contribution is -0.179. The Morgan fingerprint density at radius 1 is 1.18 bits per heavy atom.